The molecule has 4 aromatic rings. The molecule has 1 saturated heterocycles. The quantitative estimate of drug-likeness (QED) is 0.485. The lowest BCUT2D eigenvalue weighted by atomic mass is 9.92. The lowest BCUT2D eigenvalue weighted by Gasteiger charge is -2.42. The summed E-state index contributed by atoms with van der Waals surface area (Å²) in [6.07, 6.45) is 4.62. The number of pyridine rings is 1. The van der Waals surface area contributed by atoms with Crippen molar-refractivity contribution < 1.29 is 9.47 Å². The fourth-order valence-corrected chi connectivity index (χ4v) is 5.12. The number of rotatable bonds is 5. The highest BCUT2D eigenvalue weighted by Crippen LogP contribution is 2.38. The van der Waals surface area contributed by atoms with Gasteiger partial charge in [0, 0.05) is 47.8 Å². The van der Waals surface area contributed by atoms with E-state index in [0.29, 0.717) is 6.61 Å². The number of nitrogens with zero attached hydrogens (tertiary/aromatic N) is 2. The highest BCUT2D eigenvalue weighted by atomic mass is 16.6. The maximum Gasteiger partial charge on any atom is 0.171 e. The lowest BCUT2D eigenvalue weighted by molar-refractivity contribution is 0.0155. The first-order valence-corrected chi connectivity index (χ1v) is 11.6. The highest BCUT2D eigenvalue weighted by molar-refractivity contribution is 5.88. The van der Waals surface area contributed by atoms with Gasteiger partial charge in [0.15, 0.2) is 11.5 Å². The molecule has 0 spiro atoms. The molecule has 0 aliphatic carbocycles. The van der Waals surface area contributed by atoms with Crippen molar-refractivity contribution in [1.29, 1.82) is 0 Å². The first-order valence-electron chi connectivity index (χ1n) is 11.6. The van der Waals surface area contributed by atoms with Crippen molar-refractivity contribution in [3.8, 4) is 11.5 Å². The van der Waals surface area contributed by atoms with Crippen molar-refractivity contribution in [3.05, 3.63) is 65.5 Å². The summed E-state index contributed by atoms with van der Waals surface area (Å²) in [4.78, 5) is 10.5. The normalized spacial score (nSPS) is 18.9. The number of likely N-dealkylation sites (tertiary alicyclic amines) is 1. The Morgan fingerprint density at radius 1 is 1.06 bits per heavy atom. The van der Waals surface area contributed by atoms with Crippen molar-refractivity contribution >= 4 is 21.8 Å². The minimum atomic E-state index is 0.0620. The van der Waals surface area contributed by atoms with Gasteiger partial charge < -0.3 is 14.5 Å². The molecule has 1 atom stereocenters. The van der Waals surface area contributed by atoms with Crippen molar-refractivity contribution in [2.45, 2.75) is 32.8 Å². The summed E-state index contributed by atoms with van der Waals surface area (Å²) in [5.41, 5.74) is 5.99. The summed E-state index contributed by atoms with van der Waals surface area (Å²) in [6.45, 7) is 7.98. The third kappa shape index (κ3) is 3.61. The van der Waals surface area contributed by atoms with Crippen molar-refractivity contribution in [2.75, 3.05) is 26.2 Å². The second-order valence-corrected chi connectivity index (χ2v) is 9.45. The van der Waals surface area contributed by atoms with Crippen molar-refractivity contribution in [3.63, 3.8) is 0 Å². The Hall–Kier alpha value is -3.05. The van der Waals surface area contributed by atoms with Crippen LogP contribution >= 0.6 is 0 Å². The van der Waals surface area contributed by atoms with Gasteiger partial charge in [-0.1, -0.05) is 11.6 Å². The van der Waals surface area contributed by atoms with Gasteiger partial charge in [0.1, 0.15) is 12.7 Å². The van der Waals surface area contributed by atoms with E-state index in [1.807, 2.05) is 25.1 Å². The summed E-state index contributed by atoms with van der Waals surface area (Å²) in [5, 5.41) is 2.41. The number of aryl methyl sites for hydroxylation is 3. The monoisotopic (exact) mass is 427 g/mol. The zero-order valence-electron chi connectivity index (χ0n) is 18.7. The van der Waals surface area contributed by atoms with E-state index in [1.54, 1.807) is 0 Å². The number of aromatic nitrogens is 2. The number of benzene rings is 2. The van der Waals surface area contributed by atoms with E-state index in [4.69, 9.17) is 9.47 Å². The lowest BCUT2D eigenvalue weighted by Crippen LogP contribution is -2.52. The molecule has 5 nitrogen and oxygen atoms in total. The van der Waals surface area contributed by atoms with E-state index in [2.05, 4.69) is 52.3 Å². The minimum absolute atomic E-state index is 0.0620. The molecule has 1 unspecified atom stereocenters. The van der Waals surface area contributed by atoms with Crippen LogP contribution in [0.4, 0.5) is 0 Å². The number of H-pyrrole nitrogens is 1. The Morgan fingerprint density at radius 2 is 1.97 bits per heavy atom. The maximum absolute atomic E-state index is 6.39. The number of fused-ring (bicyclic) bond motifs is 4. The number of nitrogens with one attached hydrogen (secondary N) is 1. The number of hydrogen-bond acceptors (Lipinski definition) is 4. The topological polar surface area (TPSA) is 50.4 Å². The second-order valence-electron chi connectivity index (χ2n) is 9.45. The highest BCUT2D eigenvalue weighted by Gasteiger charge is 2.31. The van der Waals surface area contributed by atoms with Gasteiger partial charge in [0.2, 0.25) is 0 Å². The summed E-state index contributed by atoms with van der Waals surface area (Å²) >= 11 is 0. The van der Waals surface area contributed by atoms with Gasteiger partial charge in [-0.25, -0.2) is 0 Å². The fraction of sp³-hybridized carbons (Fsp3) is 0.370. The molecule has 2 aromatic heterocycles. The molecule has 0 amide bonds. The van der Waals surface area contributed by atoms with Crippen molar-refractivity contribution in [2.24, 2.45) is 5.92 Å². The molecule has 164 valence electrons. The summed E-state index contributed by atoms with van der Waals surface area (Å²) in [7, 11) is 0. The molecule has 1 fully saturated rings. The third-order valence-electron chi connectivity index (χ3n) is 6.87. The van der Waals surface area contributed by atoms with Crippen LogP contribution in [-0.4, -0.2) is 47.2 Å². The van der Waals surface area contributed by atoms with Gasteiger partial charge in [-0.05, 0) is 74.6 Å². The van der Waals surface area contributed by atoms with Gasteiger partial charge in [-0.15, -0.1) is 0 Å². The number of aromatic amines is 1. The van der Waals surface area contributed by atoms with E-state index >= 15 is 0 Å². The van der Waals surface area contributed by atoms with E-state index in [1.165, 1.54) is 28.5 Å². The van der Waals surface area contributed by atoms with Crippen LogP contribution in [-0.2, 0) is 6.42 Å². The molecule has 5 heteroatoms. The molecule has 2 aromatic carbocycles. The van der Waals surface area contributed by atoms with Gasteiger partial charge in [-0.3, -0.25) is 9.88 Å². The van der Waals surface area contributed by atoms with E-state index in [9.17, 15) is 0 Å². The molecule has 1 N–H and O–H groups in total. The first-order chi connectivity index (χ1) is 15.6. The molecule has 32 heavy (non-hydrogen) atoms. The Morgan fingerprint density at radius 3 is 2.88 bits per heavy atom. The largest absolute Gasteiger partial charge is 0.486 e. The zero-order valence-corrected chi connectivity index (χ0v) is 18.7. The molecule has 6 rings (SSSR count). The minimum Gasteiger partial charge on any atom is -0.486 e. The molecular formula is C27H29N3O2. The van der Waals surface area contributed by atoms with Crippen LogP contribution in [0.5, 0.6) is 11.5 Å². The van der Waals surface area contributed by atoms with Gasteiger partial charge >= 0.3 is 0 Å². The predicted octanol–water partition coefficient (Wildman–Crippen LogP) is 5.04. The Kier molecular flexibility index (Phi) is 4.80. The Balaban J connectivity index is 1.05. The van der Waals surface area contributed by atoms with Crippen LogP contribution in [0.15, 0.2) is 48.7 Å². The zero-order chi connectivity index (χ0) is 21.7. The average molecular weight is 428 g/mol. The second kappa shape index (κ2) is 7.82. The summed E-state index contributed by atoms with van der Waals surface area (Å²) in [5.74, 6) is 2.43. The summed E-state index contributed by atoms with van der Waals surface area (Å²) < 4.78 is 12.4. The fourth-order valence-electron chi connectivity index (χ4n) is 5.12. The molecule has 0 bridgehead atoms. The molecule has 2 aliphatic heterocycles. The van der Waals surface area contributed by atoms with E-state index < -0.39 is 0 Å². The van der Waals surface area contributed by atoms with Crippen LogP contribution in [0.1, 0.15) is 23.2 Å². The molecule has 2 aliphatic rings. The average Bonchev–Trinajstić information content (AvgIpc) is 3.16. The smallest absolute Gasteiger partial charge is 0.171 e. The molecule has 0 radical (unpaired) electrons. The molecule has 0 saturated carbocycles. The number of ether oxygens (including phenoxy) is 2. The third-order valence-corrected chi connectivity index (χ3v) is 6.87. The Bertz CT molecular complexity index is 1290. The van der Waals surface area contributed by atoms with Gasteiger partial charge in [0.05, 0.1) is 5.52 Å². The predicted molar refractivity (Wildman–Crippen MR) is 128 cm³/mol. The number of hydrogen-bond donors (Lipinski definition) is 1. The Labute approximate surface area is 188 Å². The van der Waals surface area contributed by atoms with Crippen LogP contribution in [0.3, 0.4) is 0 Å². The standard InChI is InChI=1S/C27H29N3O2/c1-17-3-8-24-23(11-17)20(12-28-24)6-5-19-13-30(14-19)15-21-16-31-26-10-9-25-22(27(26)32-21)7-4-18(2)29-25/h3-4,7-12,19,21,28H,5-6,13-16H2,1-2H3. The van der Waals surface area contributed by atoms with Crippen LogP contribution < -0.4 is 9.47 Å². The van der Waals surface area contributed by atoms with Crippen LogP contribution in [0, 0.1) is 19.8 Å². The van der Waals surface area contributed by atoms with Crippen LogP contribution in [0.25, 0.3) is 21.8 Å². The molecular weight excluding hydrogens is 398 g/mol. The summed E-state index contributed by atoms with van der Waals surface area (Å²) in [6, 6.07) is 14.8. The van der Waals surface area contributed by atoms with Crippen LogP contribution in [0.2, 0.25) is 0 Å². The van der Waals surface area contributed by atoms with E-state index in [0.717, 1.165) is 60.1 Å². The van der Waals surface area contributed by atoms with Gasteiger partial charge in [-0.2, -0.15) is 0 Å². The van der Waals surface area contributed by atoms with Gasteiger partial charge in [0.25, 0.3) is 0 Å². The first kappa shape index (κ1) is 19.6. The van der Waals surface area contributed by atoms with Crippen molar-refractivity contribution in [1.82, 2.24) is 14.9 Å². The molecule has 4 heterocycles. The maximum atomic E-state index is 6.39. The van der Waals surface area contributed by atoms with E-state index in [-0.39, 0.29) is 6.10 Å². The SMILES string of the molecule is Cc1ccc2[nH]cc(CCC3CN(CC4COc5ccc6nc(C)ccc6c5O4)C3)c2c1.